The van der Waals surface area contributed by atoms with Gasteiger partial charge in [0.2, 0.25) is 11.9 Å². The van der Waals surface area contributed by atoms with Crippen LogP contribution in [0.1, 0.15) is 13.3 Å². The van der Waals surface area contributed by atoms with Crippen molar-refractivity contribution in [2.75, 3.05) is 44.0 Å². The molecular formula is C11H18N6O2. The van der Waals surface area contributed by atoms with Crippen molar-refractivity contribution in [3.8, 4) is 12.1 Å². The van der Waals surface area contributed by atoms with E-state index in [0.29, 0.717) is 38.7 Å². The third-order valence-electron chi connectivity index (χ3n) is 2.24. The molecule has 1 aromatic heterocycles. The average Bonchev–Trinajstić information content (AvgIpc) is 2.38. The van der Waals surface area contributed by atoms with Gasteiger partial charge in [-0.15, -0.1) is 0 Å². The zero-order valence-electron chi connectivity index (χ0n) is 11.2. The van der Waals surface area contributed by atoms with Gasteiger partial charge >= 0.3 is 6.01 Å². The van der Waals surface area contributed by atoms with Gasteiger partial charge in [0, 0.05) is 20.2 Å². The maximum Gasteiger partial charge on any atom is 0.323 e. The molecule has 19 heavy (non-hydrogen) atoms. The van der Waals surface area contributed by atoms with E-state index in [1.165, 1.54) is 0 Å². The van der Waals surface area contributed by atoms with Crippen LogP contribution < -0.4 is 15.4 Å². The minimum Gasteiger partial charge on any atom is -0.464 e. The maximum absolute atomic E-state index is 8.67. The Morgan fingerprint density at radius 3 is 2.74 bits per heavy atom. The highest BCUT2D eigenvalue weighted by atomic mass is 16.5. The Kier molecular flexibility index (Phi) is 6.32. The van der Waals surface area contributed by atoms with Crippen molar-refractivity contribution in [3.05, 3.63) is 0 Å². The van der Waals surface area contributed by atoms with E-state index in [0.717, 1.165) is 0 Å². The van der Waals surface area contributed by atoms with Gasteiger partial charge < -0.3 is 20.1 Å². The smallest absolute Gasteiger partial charge is 0.323 e. The third-order valence-corrected chi connectivity index (χ3v) is 2.24. The molecule has 0 fully saturated rings. The number of ether oxygens (including phenoxy) is 2. The highest BCUT2D eigenvalue weighted by molar-refractivity contribution is 5.36. The molecule has 0 saturated carbocycles. The Morgan fingerprint density at radius 2 is 2.11 bits per heavy atom. The number of nitrogens with two attached hydrogens (primary N) is 1. The molecule has 0 radical (unpaired) electrons. The number of hydrogen-bond donors (Lipinski definition) is 1. The minimum atomic E-state index is 0.0906. The van der Waals surface area contributed by atoms with E-state index < -0.39 is 0 Å². The van der Waals surface area contributed by atoms with Gasteiger partial charge in [-0.25, -0.2) is 0 Å². The molecule has 1 rings (SSSR count). The highest BCUT2D eigenvalue weighted by Crippen LogP contribution is 2.13. The first-order chi connectivity index (χ1) is 9.21. The normalized spacial score (nSPS) is 9.95. The first-order valence-corrected chi connectivity index (χ1v) is 5.96. The number of rotatable bonds is 8. The summed E-state index contributed by atoms with van der Waals surface area (Å²) >= 11 is 0. The van der Waals surface area contributed by atoms with E-state index in [2.05, 4.69) is 21.0 Å². The predicted molar refractivity (Wildman–Crippen MR) is 69.7 cm³/mol. The SMILES string of the molecule is CCOc1nc(N)nc(N(CCC#N)CCOC)n1. The van der Waals surface area contributed by atoms with Gasteiger partial charge in [0.1, 0.15) is 0 Å². The van der Waals surface area contributed by atoms with E-state index in [1.54, 1.807) is 7.11 Å². The summed E-state index contributed by atoms with van der Waals surface area (Å²) in [5.41, 5.74) is 5.62. The summed E-state index contributed by atoms with van der Waals surface area (Å²) in [6.45, 7) is 3.83. The molecule has 0 spiro atoms. The Balaban J connectivity index is 2.89. The molecule has 1 aromatic rings. The van der Waals surface area contributed by atoms with Crippen LogP contribution >= 0.6 is 0 Å². The molecule has 0 saturated heterocycles. The van der Waals surface area contributed by atoms with Crippen LogP contribution in [0.25, 0.3) is 0 Å². The molecule has 1 heterocycles. The molecule has 0 bridgehead atoms. The lowest BCUT2D eigenvalue weighted by atomic mass is 10.4. The average molecular weight is 266 g/mol. The summed E-state index contributed by atoms with van der Waals surface area (Å²) in [5, 5.41) is 8.67. The summed E-state index contributed by atoms with van der Waals surface area (Å²) in [7, 11) is 1.61. The lowest BCUT2D eigenvalue weighted by Gasteiger charge is -2.21. The molecule has 104 valence electrons. The zero-order chi connectivity index (χ0) is 14.1. The summed E-state index contributed by atoms with van der Waals surface area (Å²) in [5.74, 6) is 0.482. The van der Waals surface area contributed by atoms with E-state index in [9.17, 15) is 0 Å². The molecule has 8 heteroatoms. The van der Waals surface area contributed by atoms with Crippen LogP contribution in [0.15, 0.2) is 0 Å². The number of nitriles is 1. The Hall–Kier alpha value is -2.14. The van der Waals surface area contributed by atoms with Crippen LogP contribution in [0, 0.1) is 11.3 Å². The lowest BCUT2D eigenvalue weighted by molar-refractivity contribution is 0.205. The highest BCUT2D eigenvalue weighted by Gasteiger charge is 2.13. The summed E-state index contributed by atoms with van der Waals surface area (Å²) in [6.07, 6.45) is 0.360. The topological polar surface area (TPSA) is 110 Å². The van der Waals surface area contributed by atoms with E-state index in [4.69, 9.17) is 20.5 Å². The molecule has 0 amide bonds. The first kappa shape index (κ1) is 14.9. The van der Waals surface area contributed by atoms with Gasteiger partial charge in [0.25, 0.3) is 0 Å². The summed E-state index contributed by atoms with van der Waals surface area (Å²) in [6, 6.07) is 2.27. The number of nitrogens with zero attached hydrogens (tertiary/aromatic N) is 5. The molecule has 0 aromatic carbocycles. The fourth-order valence-electron chi connectivity index (χ4n) is 1.39. The van der Waals surface area contributed by atoms with Gasteiger partial charge in [0.15, 0.2) is 0 Å². The second-order valence-electron chi connectivity index (χ2n) is 3.60. The van der Waals surface area contributed by atoms with Crippen molar-refractivity contribution in [2.45, 2.75) is 13.3 Å². The van der Waals surface area contributed by atoms with Crippen molar-refractivity contribution < 1.29 is 9.47 Å². The van der Waals surface area contributed by atoms with Crippen molar-refractivity contribution in [2.24, 2.45) is 0 Å². The van der Waals surface area contributed by atoms with E-state index in [-0.39, 0.29) is 12.0 Å². The van der Waals surface area contributed by atoms with Crippen LogP contribution in [0.5, 0.6) is 6.01 Å². The Morgan fingerprint density at radius 1 is 1.32 bits per heavy atom. The van der Waals surface area contributed by atoms with E-state index in [1.807, 2.05) is 11.8 Å². The molecule has 0 unspecified atom stereocenters. The number of methoxy groups -OCH3 is 1. The molecule has 0 aliphatic heterocycles. The molecule has 2 N–H and O–H groups in total. The quantitative estimate of drug-likeness (QED) is 0.711. The lowest BCUT2D eigenvalue weighted by Crippen LogP contribution is -2.30. The monoisotopic (exact) mass is 266 g/mol. The maximum atomic E-state index is 8.67. The third kappa shape index (κ3) is 4.93. The number of nitrogen functional groups attached to an aromatic ring is 1. The van der Waals surface area contributed by atoms with Gasteiger partial charge in [0.05, 0.1) is 25.7 Å². The number of anilines is 2. The predicted octanol–water partition coefficient (Wildman–Crippen LogP) is 0.219. The second-order valence-corrected chi connectivity index (χ2v) is 3.60. The van der Waals surface area contributed by atoms with Gasteiger partial charge in [-0.2, -0.15) is 20.2 Å². The zero-order valence-corrected chi connectivity index (χ0v) is 11.2. The largest absolute Gasteiger partial charge is 0.464 e. The van der Waals surface area contributed by atoms with Crippen molar-refractivity contribution in [1.29, 1.82) is 5.26 Å². The Labute approximate surface area is 112 Å². The van der Waals surface area contributed by atoms with Crippen molar-refractivity contribution >= 4 is 11.9 Å². The molecular weight excluding hydrogens is 248 g/mol. The Bertz CT molecular complexity index is 434. The van der Waals surface area contributed by atoms with Crippen LogP contribution in [-0.2, 0) is 4.74 Å². The first-order valence-electron chi connectivity index (χ1n) is 5.96. The fraction of sp³-hybridized carbons (Fsp3) is 0.636. The van der Waals surface area contributed by atoms with Crippen LogP contribution in [0.2, 0.25) is 0 Å². The molecule has 8 nitrogen and oxygen atoms in total. The van der Waals surface area contributed by atoms with Gasteiger partial charge in [-0.3, -0.25) is 0 Å². The molecule has 0 aliphatic rings. The van der Waals surface area contributed by atoms with Crippen LogP contribution in [0.3, 0.4) is 0 Å². The van der Waals surface area contributed by atoms with Gasteiger partial charge in [-0.05, 0) is 6.92 Å². The van der Waals surface area contributed by atoms with Crippen LogP contribution in [0.4, 0.5) is 11.9 Å². The standard InChI is InChI=1S/C11H18N6O2/c1-3-19-11-15-9(13)14-10(16-11)17(6-4-5-12)7-8-18-2/h3-4,6-8H2,1-2H3,(H2,13,14,15,16). The van der Waals surface area contributed by atoms with Gasteiger partial charge in [-0.1, -0.05) is 0 Å². The molecule has 0 aliphatic carbocycles. The second kappa shape index (κ2) is 8.05. The minimum absolute atomic E-state index is 0.0906. The number of hydrogen-bond acceptors (Lipinski definition) is 8. The summed E-state index contributed by atoms with van der Waals surface area (Å²) < 4.78 is 10.2. The van der Waals surface area contributed by atoms with E-state index >= 15 is 0 Å². The number of aromatic nitrogens is 3. The van der Waals surface area contributed by atoms with Crippen molar-refractivity contribution in [3.63, 3.8) is 0 Å². The molecule has 0 atom stereocenters. The van der Waals surface area contributed by atoms with Crippen molar-refractivity contribution in [1.82, 2.24) is 15.0 Å². The summed E-state index contributed by atoms with van der Waals surface area (Å²) in [4.78, 5) is 13.9. The van der Waals surface area contributed by atoms with Crippen LogP contribution in [-0.4, -0.2) is 48.4 Å². The fourth-order valence-corrected chi connectivity index (χ4v) is 1.39.